The number of amides is 2. The third-order valence-electron chi connectivity index (χ3n) is 6.25. The summed E-state index contributed by atoms with van der Waals surface area (Å²) < 4.78 is 0.502. The minimum Gasteiger partial charge on any atom is -0.478 e. The van der Waals surface area contributed by atoms with Gasteiger partial charge in [0.1, 0.15) is 5.54 Å². The Morgan fingerprint density at radius 1 is 1.29 bits per heavy atom. The molecule has 0 saturated carbocycles. The van der Waals surface area contributed by atoms with Crippen LogP contribution in [-0.4, -0.2) is 47.6 Å². The maximum Gasteiger partial charge on any atom is 0.334 e. The number of hydrogen-bond donors (Lipinski definition) is 2. The number of isocyanates is 1. The lowest BCUT2D eigenvalue weighted by atomic mass is 9.71. The van der Waals surface area contributed by atoms with Gasteiger partial charge in [-0.3, -0.25) is 9.59 Å². The number of carbonyl (C=O) groups is 3. The number of carbonyl (C=O) groups excluding carboxylic acids is 3. The van der Waals surface area contributed by atoms with E-state index in [9.17, 15) is 24.3 Å². The van der Waals surface area contributed by atoms with Crippen molar-refractivity contribution < 1.29 is 24.3 Å². The molecule has 0 radical (unpaired) electrons. The van der Waals surface area contributed by atoms with Crippen LogP contribution in [0.4, 0.5) is 5.69 Å². The summed E-state index contributed by atoms with van der Waals surface area (Å²) in [6, 6.07) is 8.26. The number of piperidine rings is 1. The minimum atomic E-state index is -1.55. The fraction of sp³-hybridized carbons (Fsp3) is 0.280. The van der Waals surface area contributed by atoms with Gasteiger partial charge in [0, 0.05) is 30.1 Å². The number of aliphatic imine (C=N–C) groups is 1. The topological polar surface area (TPSA) is 116 Å². The molecule has 0 spiro atoms. The van der Waals surface area contributed by atoms with Gasteiger partial charge in [0.05, 0.1) is 16.5 Å². The van der Waals surface area contributed by atoms with Crippen LogP contribution in [0.5, 0.6) is 0 Å². The zero-order chi connectivity index (χ0) is 25.0. The molecule has 0 bridgehead atoms. The summed E-state index contributed by atoms with van der Waals surface area (Å²) in [6.45, 7) is 0.296. The van der Waals surface area contributed by atoms with Crippen LogP contribution in [0.3, 0.4) is 0 Å². The van der Waals surface area contributed by atoms with E-state index in [1.807, 2.05) is 0 Å². The molecule has 4 rings (SSSR count). The monoisotopic (exact) mass is 511 g/mol. The van der Waals surface area contributed by atoms with E-state index in [1.54, 1.807) is 52.8 Å². The van der Waals surface area contributed by atoms with Crippen molar-refractivity contribution in [3.63, 3.8) is 0 Å². The predicted octanol–water partition coefficient (Wildman–Crippen LogP) is 4.09. The van der Waals surface area contributed by atoms with E-state index in [2.05, 4.69) is 10.3 Å². The molecule has 10 heteroatoms. The Hall–Kier alpha value is -3.52. The number of carboxylic acids is 1. The van der Waals surface area contributed by atoms with Crippen molar-refractivity contribution in [3.8, 4) is 0 Å². The maximum atomic E-state index is 13.4. The lowest BCUT2D eigenvalue weighted by molar-refractivity contribution is -0.133. The summed E-state index contributed by atoms with van der Waals surface area (Å²) >= 11 is 7.40. The fourth-order valence-corrected chi connectivity index (χ4v) is 5.49. The predicted molar refractivity (Wildman–Crippen MR) is 133 cm³/mol. The van der Waals surface area contributed by atoms with Gasteiger partial charge < -0.3 is 15.3 Å². The lowest BCUT2D eigenvalue weighted by Crippen LogP contribution is -2.58. The van der Waals surface area contributed by atoms with Crippen molar-refractivity contribution in [1.82, 2.24) is 5.32 Å². The Bertz CT molecular complexity index is 1260. The van der Waals surface area contributed by atoms with E-state index in [0.717, 1.165) is 12.8 Å². The average molecular weight is 512 g/mol. The van der Waals surface area contributed by atoms with E-state index in [0.29, 0.717) is 28.6 Å². The summed E-state index contributed by atoms with van der Waals surface area (Å²) in [5, 5.41) is 14.6. The molecule has 2 aromatic rings. The molecule has 1 saturated heterocycles. The number of nitrogens with zero attached hydrogens (tertiary/aromatic N) is 2. The van der Waals surface area contributed by atoms with Gasteiger partial charge in [-0.1, -0.05) is 23.8 Å². The molecule has 8 nitrogen and oxygen atoms in total. The van der Waals surface area contributed by atoms with Gasteiger partial charge in [0.15, 0.2) is 0 Å². The van der Waals surface area contributed by atoms with Crippen molar-refractivity contribution in [2.24, 2.45) is 4.99 Å². The molecular formula is C25H22ClN3O5S. The first-order chi connectivity index (χ1) is 16.9. The standard InChI is InChI=1S/C25H22ClN3O5S/c26-21-12-17(13-35-21)19-4-3-5-20(24(33)34)25(19,14-27-15-30)28-23(32)16-7-9-18(10-8-16)29-11-2-1-6-22(29)31/h3-5,7-10,12-13,19H,1-2,6,11,14H2,(H,28,32)(H,33,34). The van der Waals surface area contributed by atoms with Crippen molar-refractivity contribution in [2.45, 2.75) is 30.7 Å². The van der Waals surface area contributed by atoms with Gasteiger partial charge in [-0.05, 0) is 60.2 Å². The number of rotatable bonds is 7. The molecule has 1 aliphatic carbocycles. The van der Waals surface area contributed by atoms with E-state index >= 15 is 0 Å². The van der Waals surface area contributed by atoms with E-state index in [1.165, 1.54) is 23.5 Å². The molecule has 1 fully saturated rings. The summed E-state index contributed by atoms with van der Waals surface area (Å²) in [7, 11) is 0. The Morgan fingerprint density at radius 3 is 2.69 bits per heavy atom. The highest BCUT2D eigenvalue weighted by Crippen LogP contribution is 2.41. The van der Waals surface area contributed by atoms with Crippen LogP contribution in [0.2, 0.25) is 4.34 Å². The molecule has 2 aliphatic rings. The third kappa shape index (κ3) is 4.98. The second-order valence-electron chi connectivity index (χ2n) is 8.31. The largest absolute Gasteiger partial charge is 0.478 e. The molecule has 180 valence electrons. The highest BCUT2D eigenvalue weighted by atomic mass is 35.5. The number of nitrogens with one attached hydrogen (secondary N) is 1. The zero-order valence-corrected chi connectivity index (χ0v) is 20.1. The molecular weight excluding hydrogens is 490 g/mol. The molecule has 2 heterocycles. The summed E-state index contributed by atoms with van der Waals surface area (Å²) in [5.74, 6) is -2.40. The number of anilines is 1. The molecule has 2 unspecified atom stereocenters. The average Bonchev–Trinajstić information content (AvgIpc) is 3.29. The van der Waals surface area contributed by atoms with Crippen LogP contribution in [0.15, 0.2) is 64.5 Å². The van der Waals surface area contributed by atoms with Gasteiger partial charge in [0.25, 0.3) is 5.91 Å². The first-order valence-corrected chi connectivity index (χ1v) is 12.2. The summed E-state index contributed by atoms with van der Waals surface area (Å²) in [5.41, 5.74) is -0.0159. The minimum absolute atomic E-state index is 0.0432. The SMILES string of the molecule is O=C=NCC1(NC(=O)c2ccc(N3CCCCC3=O)cc2)C(C(=O)O)=CC=CC1c1csc(Cl)c1. The fourth-order valence-electron chi connectivity index (χ4n) is 4.56. The van der Waals surface area contributed by atoms with Crippen LogP contribution in [0, 0.1) is 0 Å². The van der Waals surface area contributed by atoms with Crippen molar-refractivity contribution >= 4 is 52.5 Å². The van der Waals surface area contributed by atoms with Crippen molar-refractivity contribution in [2.75, 3.05) is 18.0 Å². The zero-order valence-electron chi connectivity index (χ0n) is 18.6. The van der Waals surface area contributed by atoms with Crippen LogP contribution in [0.25, 0.3) is 0 Å². The third-order valence-corrected chi connectivity index (χ3v) is 7.36. The van der Waals surface area contributed by atoms with E-state index < -0.39 is 23.3 Å². The lowest BCUT2D eigenvalue weighted by Gasteiger charge is -2.41. The highest BCUT2D eigenvalue weighted by Gasteiger charge is 2.47. The van der Waals surface area contributed by atoms with Gasteiger partial charge >= 0.3 is 5.97 Å². The van der Waals surface area contributed by atoms with Gasteiger partial charge in [-0.2, -0.15) is 0 Å². The Morgan fingerprint density at radius 2 is 2.06 bits per heavy atom. The van der Waals surface area contributed by atoms with Crippen LogP contribution >= 0.6 is 22.9 Å². The molecule has 2 amide bonds. The number of allylic oxidation sites excluding steroid dienone is 2. The Labute approximate surface area is 210 Å². The molecule has 1 aliphatic heterocycles. The van der Waals surface area contributed by atoms with Crippen molar-refractivity contribution in [1.29, 1.82) is 0 Å². The molecule has 35 heavy (non-hydrogen) atoms. The second-order valence-corrected chi connectivity index (χ2v) is 9.86. The van der Waals surface area contributed by atoms with Crippen LogP contribution in [0.1, 0.15) is 41.1 Å². The van der Waals surface area contributed by atoms with Crippen molar-refractivity contribution in [3.05, 3.63) is 75.0 Å². The second kappa shape index (κ2) is 10.4. The maximum absolute atomic E-state index is 13.4. The number of halogens is 1. The van der Waals surface area contributed by atoms with Crippen LogP contribution < -0.4 is 10.2 Å². The molecule has 2 atom stereocenters. The number of thiophene rings is 1. The quantitative estimate of drug-likeness (QED) is 0.429. The number of carboxylic acid groups (broad SMARTS) is 1. The van der Waals surface area contributed by atoms with Gasteiger partial charge in [-0.15, -0.1) is 11.3 Å². The smallest absolute Gasteiger partial charge is 0.334 e. The number of benzene rings is 1. The number of aliphatic carboxylic acids is 1. The first kappa shape index (κ1) is 24.6. The molecule has 1 aromatic heterocycles. The number of hydrogen-bond acceptors (Lipinski definition) is 6. The Balaban J connectivity index is 1.69. The normalized spacial score (nSPS) is 21.7. The van der Waals surface area contributed by atoms with E-state index in [-0.39, 0.29) is 23.6 Å². The molecule has 2 N–H and O–H groups in total. The Kier molecular flexibility index (Phi) is 7.31. The van der Waals surface area contributed by atoms with Crippen LogP contribution in [-0.2, 0) is 14.4 Å². The summed E-state index contributed by atoms with van der Waals surface area (Å²) in [6.07, 6.45) is 8.46. The molecule has 1 aromatic carbocycles. The summed E-state index contributed by atoms with van der Waals surface area (Å²) in [4.78, 5) is 54.2. The highest BCUT2D eigenvalue weighted by molar-refractivity contribution is 7.14. The van der Waals surface area contributed by atoms with Gasteiger partial charge in [-0.25, -0.2) is 14.6 Å². The van der Waals surface area contributed by atoms with Gasteiger partial charge in [0.2, 0.25) is 12.0 Å². The first-order valence-electron chi connectivity index (χ1n) is 11.0. The van der Waals surface area contributed by atoms with E-state index in [4.69, 9.17) is 11.6 Å².